The molecule has 0 N–H and O–H groups in total. The molecule has 1 aliphatic rings. The van der Waals surface area contributed by atoms with Gasteiger partial charge in [0.1, 0.15) is 0 Å². The maximum Gasteiger partial charge on any atom is 0.0519 e. The van der Waals surface area contributed by atoms with Crippen LogP contribution in [0.4, 0.5) is 0 Å². The summed E-state index contributed by atoms with van der Waals surface area (Å²) >= 11 is 0. The average Bonchev–Trinajstić information content (AvgIpc) is 2.01. The fraction of sp³-hybridized carbons (Fsp3) is 1.00. The van der Waals surface area contributed by atoms with Gasteiger partial charge in [0.15, 0.2) is 0 Å². The number of likely N-dealkylation sites (tertiary alicyclic amines) is 1. The predicted octanol–water partition coefficient (Wildman–Crippen LogP) is 1.75. The molecule has 0 saturated carbocycles. The molecule has 0 bridgehead atoms. The van der Waals surface area contributed by atoms with Crippen LogP contribution in [0.2, 0.25) is 0 Å². The molecule has 1 fully saturated rings. The summed E-state index contributed by atoms with van der Waals surface area (Å²) in [6, 6.07) is 0. The Morgan fingerprint density at radius 2 is 2.25 bits per heavy atom. The van der Waals surface area contributed by atoms with Crippen LogP contribution in [0.5, 0.6) is 0 Å². The first kappa shape index (κ1) is 10.0. The summed E-state index contributed by atoms with van der Waals surface area (Å²) in [6.45, 7) is 7.63. The third kappa shape index (κ3) is 3.55. The van der Waals surface area contributed by atoms with Gasteiger partial charge in [-0.15, -0.1) is 0 Å². The fourth-order valence-electron chi connectivity index (χ4n) is 1.74. The lowest BCUT2D eigenvalue weighted by molar-refractivity contribution is 0.0303. The molecule has 0 spiro atoms. The highest BCUT2D eigenvalue weighted by atomic mass is 16.5. The lowest BCUT2D eigenvalue weighted by Crippen LogP contribution is -2.34. The molecule has 0 aromatic rings. The van der Waals surface area contributed by atoms with Crippen LogP contribution in [-0.4, -0.2) is 37.7 Å². The molecule has 2 nitrogen and oxygen atoms in total. The Morgan fingerprint density at radius 1 is 1.50 bits per heavy atom. The molecule has 0 aliphatic carbocycles. The molecule has 1 heterocycles. The van der Waals surface area contributed by atoms with E-state index in [1.54, 1.807) is 0 Å². The minimum absolute atomic E-state index is 0.386. The Morgan fingerprint density at radius 3 is 2.83 bits per heavy atom. The molecule has 72 valence electrons. The second kappa shape index (κ2) is 4.83. The molecule has 1 unspecified atom stereocenters. The Balaban J connectivity index is 2.14. The van der Waals surface area contributed by atoms with Crippen LogP contribution in [-0.2, 0) is 4.74 Å². The first-order chi connectivity index (χ1) is 5.68. The van der Waals surface area contributed by atoms with E-state index in [1.165, 1.54) is 25.9 Å². The van der Waals surface area contributed by atoms with Gasteiger partial charge in [0, 0.05) is 6.54 Å². The fourth-order valence-corrected chi connectivity index (χ4v) is 1.74. The molecule has 12 heavy (non-hydrogen) atoms. The van der Waals surface area contributed by atoms with E-state index in [9.17, 15) is 0 Å². The molecule has 0 radical (unpaired) electrons. The molecule has 1 atom stereocenters. The molecular formula is C10H21NO. The largest absolute Gasteiger partial charge is 0.378 e. The SMILES string of the molecule is CC(C)OCC1CCCN(C)C1. The quantitative estimate of drug-likeness (QED) is 0.641. The van der Waals surface area contributed by atoms with Crippen molar-refractivity contribution in [3.63, 3.8) is 0 Å². The molecule has 1 saturated heterocycles. The van der Waals surface area contributed by atoms with Crippen LogP contribution >= 0.6 is 0 Å². The van der Waals surface area contributed by atoms with Gasteiger partial charge >= 0.3 is 0 Å². The highest BCUT2D eigenvalue weighted by Crippen LogP contribution is 2.15. The maximum atomic E-state index is 5.60. The van der Waals surface area contributed by atoms with Gasteiger partial charge in [-0.1, -0.05) is 0 Å². The standard InChI is InChI=1S/C10H21NO/c1-9(2)12-8-10-5-4-6-11(3)7-10/h9-10H,4-8H2,1-3H3. The number of piperidine rings is 1. The van der Waals surface area contributed by atoms with Crippen LogP contribution in [0, 0.1) is 5.92 Å². The van der Waals surface area contributed by atoms with Gasteiger partial charge in [0.05, 0.1) is 12.7 Å². The van der Waals surface area contributed by atoms with E-state index in [0.717, 1.165) is 12.5 Å². The number of nitrogens with zero attached hydrogens (tertiary/aromatic N) is 1. The molecule has 1 aliphatic heterocycles. The van der Waals surface area contributed by atoms with Gasteiger partial charge in [0.25, 0.3) is 0 Å². The lowest BCUT2D eigenvalue weighted by atomic mass is 9.99. The Kier molecular flexibility index (Phi) is 4.02. The Bertz CT molecular complexity index is 125. The Labute approximate surface area is 75.9 Å². The van der Waals surface area contributed by atoms with Crippen molar-refractivity contribution < 1.29 is 4.74 Å². The normalized spacial score (nSPS) is 26.5. The minimum Gasteiger partial charge on any atom is -0.378 e. The van der Waals surface area contributed by atoms with E-state index in [2.05, 4.69) is 25.8 Å². The predicted molar refractivity (Wildman–Crippen MR) is 51.3 cm³/mol. The van der Waals surface area contributed by atoms with Gasteiger partial charge in [-0.3, -0.25) is 0 Å². The van der Waals surface area contributed by atoms with Crippen LogP contribution < -0.4 is 0 Å². The zero-order valence-corrected chi connectivity index (χ0v) is 8.55. The number of rotatable bonds is 3. The monoisotopic (exact) mass is 171 g/mol. The molecule has 0 amide bonds. The Hall–Kier alpha value is -0.0800. The van der Waals surface area contributed by atoms with E-state index in [-0.39, 0.29) is 0 Å². The summed E-state index contributed by atoms with van der Waals surface area (Å²) < 4.78 is 5.60. The second-order valence-corrected chi connectivity index (χ2v) is 4.15. The van der Waals surface area contributed by atoms with E-state index in [4.69, 9.17) is 4.74 Å². The van der Waals surface area contributed by atoms with Crippen LogP contribution in [0.15, 0.2) is 0 Å². The molecule has 1 rings (SSSR count). The summed E-state index contributed by atoms with van der Waals surface area (Å²) in [7, 11) is 2.20. The van der Waals surface area contributed by atoms with Gasteiger partial charge in [-0.05, 0) is 46.2 Å². The highest BCUT2D eigenvalue weighted by molar-refractivity contribution is 4.70. The van der Waals surface area contributed by atoms with Crippen LogP contribution in [0.25, 0.3) is 0 Å². The topological polar surface area (TPSA) is 12.5 Å². The van der Waals surface area contributed by atoms with Crippen molar-refractivity contribution in [2.24, 2.45) is 5.92 Å². The number of hydrogen-bond donors (Lipinski definition) is 0. The van der Waals surface area contributed by atoms with E-state index < -0.39 is 0 Å². The van der Waals surface area contributed by atoms with Crippen molar-refractivity contribution >= 4 is 0 Å². The highest BCUT2D eigenvalue weighted by Gasteiger charge is 2.17. The van der Waals surface area contributed by atoms with Gasteiger partial charge in [-0.2, -0.15) is 0 Å². The molecule has 0 aromatic heterocycles. The second-order valence-electron chi connectivity index (χ2n) is 4.15. The first-order valence-corrected chi connectivity index (χ1v) is 4.98. The van der Waals surface area contributed by atoms with Crippen LogP contribution in [0.3, 0.4) is 0 Å². The zero-order chi connectivity index (χ0) is 8.97. The van der Waals surface area contributed by atoms with E-state index >= 15 is 0 Å². The summed E-state index contributed by atoms with van der Waals surface area (Å²) in [5.41, 5.74) is 0. The van der Waals surface area contributed by atoms with Crippen molar-refractivity contribution in [2.45, 2.75) is 32.8 Å². The minimum atomic E-state index is 0.386. The first-order valence-electron chi connectivity index (χ1n) is 4.98. The third-order valence-electron chi connectivity index (χ3n) is 2.39. The molecule has 0 aromatic carbocycles. The van der Waals surface area contributed by atoms with E-state index in [0.29, 0.717) is 6.10 Å². The van der Waals surface area contributed by atoms with E-state index in [1.807, 2.05) is 0 Å². The summed E-state index contributed by atoms with van der Waals surface area (Å²) in [5.74, 6) is 0.770. The number of ether oxygens (including phenoxy) is 1. The lowest BCUT2D eigenvalue weighted by Gasteiger charge is -2.29. The average molecular weight is 171 g/mol. The molecule has 2 heteroatoms. The van der Waals surface area contributed by atoms with Crippen molar-refractivity contribution in [3.8, 4) is 0 Å². The third-order valence-corrected chi connectivity index (χ3v) is 2.39. The number of hydrogen-bond acceptors (Lipinski definition) is 2. The van der Waals surface area contributed by atoms with Gasteiger partial charge < -0.3 is 9.64 Å². The van der Waals surface area contributed by atoms with Crippen LogP contribution in [0.1, 0.15) is 26.7 Å². The summed E-state index contributed by atoms with van der Waals surface area (Å²) in [5, 5.41) is 0. The summed E-state index contributed by atoms with van der Waals surface area (Å²) in [4.78, 5) is 2.40. The van der Waals surface area contributed by atoms with Crippen molar-refractivity contribution in [2.75, 3.05) is 26.7 Å². The summed E-state index contributed by atoms with van der Waals surface area (Å²) in [6.07, 6.45) is 3.07. The van der Waals surface area contributed by atoms with Gasteiger partial charge in [0.2, 0.25) is 0 Å². The van der Waals surface area contributed by atoms with Crippen molar-refractivity contribution in [1.29, 1.82) is 0 Å². The van der Waals surface area contributed by atoms with Crippen molar-refractivity contribution in [1.82, 2.24) is 4.90 Å². The smallest absolute Gasteiger partial charge is 0.0519 e. The van der Waals surface area contributed by atoms with Gasteiger partial charge in [-0.25, -0.2) is 0 Å². The maximum absolute atomic E-state index is 5.60. The van der Waals surface area contributed by atoms with Crippen molar-refractivity contribution in [3.05, 3.63) is 0 Å². The zero-order valence-electron chi connectivity index (χ0n) is 8.55. The molecular weight excluding hydrogens is 150 g/mol.